The van der Waals surface area contributed by atoms with Crippen molar-refractivity contribution in [1.29, 1.82) is 0 Å². The molecule has 0 radical (unpaired) electrons. The van der Waals surface area contributed by atoms with Crippen molar-refractivity contribution in [2.24, 2.45) is 16.7 Å². The van der Waals surface area contributed by atoms with Gasteiger partial charge in [-0.3, -0.25) is 9.59 Å². The fraction of sp³-hybridized carbons (Fsp3) is 0.516. The molecule has 0 aliphatic heterocycles. The second kappa shape index (κ2) is 12.4. The molecule has 2 aromatic rings. The molecule has 3 atom stereocenters. The van der Waals surface area contributed by atoms with E-state index in [2.05, 4.69) is 10.6 Å². The van der Waals surface area contributed by atoms with Gasteiger partial charge < -0.3 is 20.1 Å². The average molecular weight is 592 g/mol. The van der Waals surface area contributed by atoms with Crippen molar-refractivity contribution >= 4 is 46.7 Å². The van der Waals surface area contributed by atoms with Crippen molar-refractivity contribution in [3.8, 4) is 0 Å². The van der Waals surface area contributed by atoms with E-state index in [1.165, 1.54) is 7.11 Å². The van der Waals surface area contributed by atoms with E-state index in [1.807, 2.05) is 65.8 Å². The maximum Gasteiger partial charge on any atom is 0.328 e. The predicted octanol–water partition coefficient (Wildman–Crippen LogP) is 6.59. The molecule has 1 fully saturated rings. The number of ether oxygens (including phenoxy) is 2. The zero-order chi connectivity index (χ0) is 29.9. The summed E-state index contributed by atoms with van der Waals surface area (Å²) < 4.78 is 10.7. The summed E-state index contributed by atoms with van der Waals surface area (Å²) in [6.45, 7) is 11.7. The van der Waals surface area contributed by atoms with Gasteiger partial charge in [0.25, 0.3) is 0 Å². The Hall–Kier alpha value is -2.77. The number of carbonyl (C=O) groups excluding carboxylic acids is 3. The van der Waals surface area contributed by atoms with Crippen LogP contribution in [-0.2, 0) is 36.8 Å². The maximum absolute atomic E-state index is 13.5. The van der Waals surface area contributed by atoms with Crippen LogP contribution in [0.3, 0.4) is 0 Å². The molecule has 1 unspecified atom stereocenters. The summed E-state index contributed by atoms with van der Waals surface area (Å²) in [7, 11) is 1.30. The Balaban J connectivity index is 1.68. The second-order valence-electron chi connectivity index (χ2n) is 12.2. The van der Waals surface area contributed by atoms with Crippen molar-refractivity contribution < 1.29 is 23.9 Å². The van der Waals surface area contributed by atoms with Crippen LogP contribution >= 0.6 is 23.2 Å². The van der Waals surface area contributed by atoms with Gasteiger partial charge >= 0.3 is 11.9 Å². The van der Waals surface area contributed by atoms with Crippen LogP contribution < -0.4 is 10.6 Å². The normalized spacial score (nSPS) is 20.9. The van der Waals surface area contributed by atoms with Crippen LogP contribution in [0, 0.1) is 16.7 Å². The SMILES string of the molecule is COC(=O)C(Cc1ccc(NCc2c(Cl)cccc2Cl)cc1)NC(=O)[C@H]1CC[C@@](C)(C(=O)OC(C)(C)C)C1(C)C. The minimum absolute atomic E-state index is 0.255. The topological polar surface area (TPSA) is 93.7 Å². The molecule has 0 heterocycles. The van der Waals surface area contributed by atoms with Crippen molar-refractivity contribution in [1.82, 2.24) is 5.32 Å². The number of hydrogen-bond donors (Lipinski definition) is 2. The fourth-order valence-corrected chi connectivity index (χ4v) is 5.74. The Morgan fingerprint density at radius 1 is 1.02 bits per heavy atom. The highest BCUT2D eigenvalue weighted by Crippen LogP contribution is 2.57. The highest BCUT2D eigenvalue weighted by molar-refractivity contribution is 6.36. The Labute approximate surface area is 247 Å². The van der Waals surface area contributed by atoms with Gasteiger partial charge in [0.15, 0.2) is 0 Å². The average Bonchev–Trinajstić information content (AvgIpc) is 3.12. The van der Waals surface area contributed by atoms with Gasteiger partial charge in [-0.05, 0) is 75.8 Å². The number of benzene rings is 2. The molecule has 218 valence electrons. The van der Waals surface area contributed by atoms with Gasteiger partial charge in [0.1, 0.15) is 11.6 Å². The van der Waals surface area contributed by atoms with E-state index in [-0.39, 0.29) is 18.3 Å². The van der Waals surface area contributed by atoms with Crippen LogP contribution in [0.5, 0.6) is 0 Å². The molecule has 7 nitrogen and oxygen atoms in total. The van der Waals surface area contributed by atoms with E-state index in [1.54, 1.807) is 18.2 Å². The molecule has 0 spiro atoms. The van der Waals surface area contributed by atoms with Gasteiger partial charge in [0.05, 0.1) is 12.5 Å². The molecule has 9 heteroatoms. The first-order chi connectivity index (χ1) is 18.6. The Bertz CT molecular complexity index is 1220. The lowest BCUT2D eigenvalue weighted by Crippen LogP contribution is -2.51. The number of esters is 2. The van der Waals surface area contributed by atoms with Gasteiger partial charge in [-0.2, -0.15) is 0 Å². The number of halogens is 2. The molecule has 2 aromatic carbocycles. The van der Waals surface area contributed by atoms with Gasteiger partial charge in [-0.15, -0.1) is 0 Å². The molecule has 0 aromatic heterocycles. The van der Waals surface area contributed by atoms with Gasteiger partial charge in [-0.1, -0.05) is 55.2 Å². The number of rotatable bonds is 9. The number of nitrogens with one attached hydrogen (secondary N) is 2. The lowest BCUT2D eigenvalue weighted by Gasteiger charge is -2.40. The molecular formula is C31H40Cl2N2O5. The van der Waals surface area contributed by atoms with Crippen molar-refractivity contribution in [2.45, 2.75) is 79.0 Å². The monoisotopic (exact) mass is 590 g/mol. The number of amides is 1. The third kappa shape index (κ3) is 7.10. The third-order valence-electron chi connectivity index (χ3n) is 8.12. The fourth-order valence-electron chi connectivity index (χ4n) is 5.21. The largest absolute Gasteiger partial charge is 0.467 e. The van der Waals surface area contributed by atoms with Crippen LogP contribution in [0.25, 0.3) is 0 Å². The summed E-state index contributed by atoms with van der Waals surface area (Å²) in [5.41, 5.74) is 0.367. The maximum atomic E-state index is 13.5. The molecule has 0 saturated heterocycles. The van der Waals surface area contributed by atoms with E-state index in [9.17, 15) is 14.4 Å². The predicted molar refractivity (Wildman–Crippen MR) is 158 cm³/mol. The molecule has 1 aliphatic rings. The minimum atomic E-state index is -0.873. The van der Waals surface area contributed by atoms with Crippen LogP contribution in [0.4, 0.5) is 5.69 Å². The van der Waals surface area contributed by atoms with Gasteiger partial charge in [0.2, 0.25) is 5.91 Å². The van der Waals surface area contributed by atoms with Crippen molar-refractivity contribution in [3.05, 3.63) is 63.6 Å². The van der Waals surface area contributed by atoms with E-state index < -0.39 is 34.4 Å². The van der Waals surface area contributed by atoms with Crippen LogP contribution in [0.2, 0.25) is 10.0 Å². The third-order valence-corrected chi connectivity index (χ3v) is 8.83. The lowest BCUT2D eigenvalue weighted by atomic mass is 9.65. The first kappa shape index (κ1) is 31.8. The van der Waals surface area contributed by atoms with E-state index in [0.29, 0.717) is 29.4 Å². The number of carbonyl (C=O) groups is 3. The molecular weight excluding hydrogens is 551 g/mol. The van der Waals surface area contributed by atoms with E-state index in [4.69, 9.17) is 32.7 Å². The molecule has 0 bridgehead atoms. The standard InChI is InChI=1S/C31H40Cl2N2O5/c1-29(2,3)40-28(38)31(6)16-15-22(30(31,4)5)26(36)35-25(27(37)39-7)17-19-11-13-20(14-12-19)34-18-21-23(32)9-8-10-24(21)33/h8-14,22,25,34H,15-18H2,1-7H3,(H,35,36)/t22-,25?,31+/m1/s1. The minimum Gasteiger partial charge on any atom is -0.467 e. The van der Waals surface area contributed by atoms with E-state index in [0.717, 1.165) is 16.8 Å². The van der Waals surface area contributed by atoms with Gasteiger partial charge in [0, 0.05) is 40.2 Å². The Kier molecular flexibility index (Phi) is 9.84. The highest BCUT2D eigenvalue weighted by Gasteiger charge is 2.59. The summed E-state index contributed by atoms with van der Waals surface area (Å²) in [6.07, 6.45) is 1.29. The quantitative estimate of drug-likeness (QED) is 0.320. The smallest absolute Gasteiger partial charge is 0.328 e. The zero-order valence-corrected chi connectivity index (χ0v) is 25.8. The van der Waals surface area contributed by atoms with Crippen LogP contribution in [-0.4, -0.2) is 36.6 Å². The highest BCUT2D eigenvalue weighted by atomic mass is 35.5. The number of hydrogen-bond acceptors (Lipinski definition) is 6. The molecule has 2 N–H and O–H groups in total. The number of methoxy groups -OCH3 is 1. The molecule has 3 rings (SSSR count). The van der Waals surface area contributed by atoms with Crippen molar-refractivity contribution in [3.63, 3.8) is 0 Å². The molecule has 1 saturated carbocycles. The molecule has 1 amide bonds. The molecule has 1 aliphatic carbocycles. The second-order valence-corrected chi connectivity index (χ2v) is 13.0. The lowest BCUT2D eigenvalue weighted by molar-refractivity contribution is -0.173. The van der Waals surface area contributed by atoms with Gasteiger partial charge in [-0.25, -0.2) is 4.79 Å². The summed E-state index contributed by atoms with van der Waals surface area (Å²) in [4.78, 5) is 39.3. The first-order valence-corrected chi connectivity index (χ1v) is 14.2. The summed E-state index contributed by atoms with van der Waals surface area (Å²) in [5.74, 6) is -1.59. The Morgan fingerprint density at radius 3 is 2.17 bits per heavy atom. The van der Waals surface area contributed by atoms with Crippen molar-refractivity contribution in [2.75, 3.05) is 12.4 Å². The summed E-state index contributed by atoms with van der Waals surface area (Å²) in [6, 6.07) is 12.1. The molecule has 40 heavy (non-hydrogen) atoms. The first-order valence-electron chi connectivity index (χ1n) is 13.5. The van der Waals surface area contributed by atoms with Crippen LogP contribution in [0.1, 0.15) is 65.5 Å². The summed E-state index contributed by atoms with van der Waals surface area (Å²) >= 11 is 12.5. The van der Waals surface area contributed by atoms with Crippen LogP contribution in [0.15, 0.2) is 42.5 Å². The number of anilines is 1. The summed E-state index contributed by atoms with van der Waals surface area (Å²) in [5, 5.41) is 7.38. The van der Waals surface area contributed by atoms with E-state index >= 15 is 0 Å². The Morgan fingerprint density at radius 2 is 1.62 bits per heavy atom. The zero-order valence-electron chi connectivity index (χ0n) is 24.3.